The molecule has 1 aliphatic carbocycles. The quantitative estimate of drug-likeness (QED) is 0.378. The van der Waals surface area contributed by atoms with Crippen LogP contribution in [-0.4, -0.2) is 27.1 Å². The van der Waals surface area contributed by atoms with Crippen molar-refractivity contribution in [1.82, 2.24) is 0 Å². The van der Waals surface area contributed by atoms with Crippen molar-refractivity contribution in [2.75, 3.05) is 21.3 Å². The van der Waals surface area contributed by atoms with E-state index in [2.05, 4.69) is 18.8 Å². The number of benzene rings is 2. The number of hydrogen-bond donors (Lipinski definition) is 0. The highest BCUT2D eigenvalue weighted by atomic mass is 32.1. The van der Waals surface area contributed by atoms with Gasteiger partial charge in [0.25, 0.3) is 0 Å². The van der Waals surface area contributed by atoms with Crippen LogP contribution in [0.5, 0.6) is 17.2 Å². The van der Waals surface area contributed by atoms with Crippen LogP contribution in [0.1, 0.15) is 55.2 Å². The molecule has 0 spiro atoms. The number of aryl methyl sites for hydroxylation is 2. The molecule has 0 radical (unpaired) electrons. The lowest BCUT2D eigenvalue weighted by molar-refractivity contribution is 0.103. The molecule has 5 heteroatoms. The molecule has 1 aromatic heterocycles. The SMILES string of the molecule is COc1cc(C(=O)c2c(C#Cc3ccc(C)cc3)sc3c2CCCC3)cc(OC)c1OC. The lowest BCUT2D eigenvalue weighted by Gasteiger charge is -2.15. The zero-order chi connectivity index (χ0) is 22.7. The molecule has 0 atom stereocenters. The van der Waals surface area contributed by atoms with E-state index < -0.39 is 0 Å². The van der Waals surface area contributed by atoms with Crippen molar-refractivity contribution in [3.63, 3.8) is 0 Å². The van der Waals surface area contributed by atoms with E-state index in [9.17, 15) is 4.79 Å². The summed E-state index contributed by atoms with van der Waals surface area (Å²) in [6, 6.07) is 11.5. The van der Waals surface area contributed by atoms with Gasteiger partial charge in [-0.25, -0.2) is 0 Å². The predicted molar refractivity (Wildman–Crippen MR) is 128 cm³/mol. The van der Waals surface area contributed by atoms with Crippen molar-refractivity contribution in [1.29, 1.82) is 0 Å². The van der Waals surface area contributed by atoms with Gasteiger partial charge in [0.05, 0.1) is 31.8 Å². The van der Waals surface area contributed by atoms with Gasteiger partial charge >= 0.3 is 0 Å². The van der Waals surface area contributed by atoms with Crippen molar-refractivity contribution in [2.24, 2.45) is 0 Å². The Labute approximate surface area is 193 Å². The summed E-state index contributed by atoms with van der Waals surface area (Å²) in [5.41, 5.74) is 4.50. The van der Waals surface area contributed by atoms with Crippen LogP contribution in [0.15, 0.2) is 36.4 Å². The Hall–Kier alpha value is -3.23. The fourth-order valence-corrected chi connectivity index (χ4v) is 5.26. The second-order valence-corrected chi connectivity index (χ2v) is 8.88. The van der Waals surface area contributed by atoms with Crippen molar-refractivity contribution in [3.05, 3.63) is 74.0 Å². The lowest BCUT2D eigenvalue weighted by Crippen LogP contribution is -2.09. The first-order valence-corrected chi connectivity index (χ1v) is 11.4. The Morgan fingerprint density at radius 3 is 2.19 bits per heavy atom. The van der Waals surface area contributed by atoms with Crippen molar-refractivity contribution in [3.8, 4) is 29.1 Å². The number of rotatable bonds is 5. The molecule has 0 amide bonds. The molecule has 3 aromatic rings. The zero-order valence-electron chi connectivity index (χ0n) is 18.8. The number of carbonyl (C=O) groups excluding carboxylic acids is 1. The normalized spacial score (nSPS) is 12.4. The maximum atomic E-state index is 13.8. The summed E-state index contributed by atoms with van der Waals surface area (Å²) in [5, 5.41) is 0. The van der Waals surface area contributed by atoms with Crippen LogP contribution in [0.3, 0.4) is 0 Å². The molecule has 4 rings (SSSR count). The van der Waals surface area contributed by atoms with E-state index in [0.717, 1.165) is 47.3 Å². The highest BCUT2D eigenvalue weighted by Gasteiger charge is 2.27. The molecular formula is C27H26O4S. The molecule has 0 saturated carbocycles. The Morgan fingerprint density at radius 2 is 1.56 bits per heavy atom. The molecule has 0 unspecified atom stereocenters. The monoisotopic (exact) mass is 446 g/mol. The molecule has 1 heterocycles. The Morgan fingerprint density at radius 1 is 0.906 bits per heavy atom. The van der Waals surface area contributed by atoms with E-state index in [4.69, 9.17) is 14.2 Å². The van der Waals surface area contributed by atoms with Crippen LogP contribution < -0.4 is 14.2 Å². The van der Waals surface area contributed by atoms with Gasteiger partial charge in [-0.2, -0.15) is 0 Å². The minimum Gasteiger partial charge on any atom is -0.493 e. The van der Waals surface area contributed by atoms with E-state index in [0.29, 0.717) is 22.8 Å². The number of carbonyl (C=O) groups is 1. The van der Waals surface area contributed by atoms with Crippen molar-refractivity contribution >= 4 is 17.1 Å². The van der Waals surface area contributed by atoms with Crippen LogP contribution in [0.2, 0.25) is 0 Å². The van der Waals surface area contributed by atoms with Crippen LogP contribution in [0.25, 0.3) is 0 Å². The van der Waals surface area contributed by atoms with Crippen molar-refractivity contribution < 1.29 is 19.0 Å². The zero-order valence-corrected chi connectivity index (χ0v) is 19.7. The summed E-state index contributed by atoms with van der Waals surface area (Å²) in [6.45, 7) is 2.05. The molecule has 164 valence electrons. The molecule has 32 heavy (non-hydrogen) atoms. The summed E-state index contributed by atoms with van der Waals surface area (Å²) < 4.78 is 16.3. The average molecular weight is 447 g/mol. The van der Waals surface area contributed by atoms with Gasteiger partial charge < -0.3 is 14.2 Å². The van der Waals surface area contributed by atoms with Crippen molar-refractivity contribution in [2.45, 2.75) is 32.6 Å². The first-order chi connectivity index (χ1) is 15.5. The van der Waals surface area contributed by atoms with Crippen LogP contribution in [0.4, 0.5) is 0 Å². The number of methoxy groups -OCH3 is 3. The van der Waals surface area contributed by atoms with Gasteiger partial charge in [0.15, 0.2) is 17.3 Å². The molecular weight excluding hydrogens is 420 g/mol. The standard InChI is InChI=1S/C27H26O4S/c1-17-9-11-18(12-10-17)13-14-24-25(20-7-5-6-8-23(20)32-24)26(28)19-15-21(29-2)27(31-4)22(16-19)30-3/h9-12,15-16H,5-8H2,1-4H3. The molecule has 2 aromatic carbocycles. The van der Waals surface area contributed by atoms with E-state index in [1.807, 2.05) is 24.3 Å². The Balaban J connectivity index is 1.82. The third kappa shape index (κ3) is 4.24. The second-order valence-electron chi connectivity index (χ2n) is 7.77. The molecule has 0 fully saturated rings. The third-order valence-electron chi connectivity index (χ3n) is 5.70. The topological polar surface area (TPSA) is 44.8 Å². The van der Waals surface area contributed by atoms with Crippen LogP contribution >= 0.6 is 11.3 Å². The largest absolute Gasteiger partial charge is 0.493 e. The number of fused-ring (bicyclic) bond motifs is 1. The molecule has 0 aliphatic heterocycles. The summed E-state index contributed by atoms with van der Waals surface area (Å²) in [6.07, 6.45) is 4.14. The molecule has 0 saturated heterocycles. The van der Waals surface area contributed by atoms with Crippen LogP contribution in [-0.2, 0) is 12.8 Å². The van der Waals surface area contributed by atoms with E-state index in [1.54, 1.807) is 44.8 Å². The van der Waals surface area contributed by atoms with Gasteiger partial charge in [-0.15, -0.1) is 11.3 Å². The number of ketones is 1. The maximum Gasteiger partial charge on any atom is 0.203 e. The van der Waals surface area contributed by atoms with Gasteiger partial charge in [0, 0.05) is 16.0 Å². The van der Waals surface area contributed by atoms with Crippen LogP contribution in [0, 0.1) is 18.8 Å². The second kappa shape index (κ2) is 9.50. The van der Waals surface area contributed by atoms with Gasteiger partial charge in [-0.1, -0.05) is 23.6 Å². The van der Waals surface area contributed by atoms with E-state index in [-0.39, 0.29) is 5.78 Å². The number of thiophene rings is 1. The van der Waals surface area contributed by atoms with E-state index in [1.165, 1.54) is 10.4 Å². The highest BCUT2D eigenvalue weighted by molar-refractivity contribution is 7.13. The average Bonchev–Trinajstić information content (AvgIpc) is 3.20. The lowest BCUT2D eigenvalue weighted by atomic mass is 9.91. The Bertz CT molecular complexity index is 1180. The van der Waals surface area contributed by atoms with Gasteiger partial charge in [0.2, 0.25) is 5.75 Å². The minimum atomic E-state index is -0.0585. The maximum absolute atomic E-state index is 13.8. The first-order valence-electron chi connectivity index (χ1n) is 10.6. The first kappa shape index (κ1) is 22.0. The summed E-state index contributed by atoms with van der Waals surface area (Å²) >= 11 is 1.65. The Kier molecular flexibility index (Phi) is 6.53. The predicted octanol–water partition coefficient (Wildman–Crippen LogP) is 5.59. The fourth-order valence-electron chi connectivity index (χ4n) is 4.02. The number of hydrogen-bond acceptors (Lipinski definition) is 5. The molecule has 0 N–H and O–H groups in total. The summed E-state index contributed by atoms with van der Waals surface area (Å²) in [4.78, 5) is 15.9. The fraction of sp³-hybridized carbons (Fsp3) is 0.296. The van der Waals surface area contributed by atoms with Gasteiger partial charge in [-0.3, -0.25) is 4.79 Å². The molecule has 1 aliphatic rings. The third-order valence-corrected chi connectivity index (χ3v) is 6.90. The molecule has 0 bridgehead atoms. The van der Waals surface area contributed by atoms with Gasteiger partial charge in [-0.05, 0) is 68.4 Å². The highest BCUT2D eigenvalue weighted by Crippen LogP contribution is 2.41. The summed E-state index contributed by atoms with van der Waals surface area (Å²) in [5.74, 6) is 7.88. The summed E-state index contributed by atoms with van der Waals surface area (Å²) in [7, 11) is 4.66. The van der Waals surface area contributed by atoms with E-state index >= 15 is 0 Å². The molecule has 4 nitrogen and oxygen atoms in total. The smallest absolute Gasteiger partial charge is 0.203 e. The minimum absolute atomic E-state index is 0.0585. The number of ether oxygens (including phenoxy) is 3. The van der Waals surface area contributed by atoms with Gasteiger partial charge in [0.1, 0.15) is 0 Å².